The Balaban J connectivity index is 3.17. The first-order chi connectivity index (χ1) is 7.79. The Morgan fingerprint density at radius 1 is 1.41 bits per heavy atom. The topological polar surface area (TPSA) is 33.1 Å². The van der Waals surface area contributed by atoms with Crippen molar-refractivity contribution in [2.75, 3.05) is 0 Å². The highest BCUT2D eigenvalue weighted by atomic mass is 19.4. The van der Waals surface area contributed by atoms with Crippen molar-refractivity contribution in [1.82, 2.24) is 4.98 Å². The highest BCUT2D eigenvalue weighted by Crippen LogP contribution is 2.37. The second-order valence-electron chi connectivity index (χ2n) is 4.02. The van der Waals surface area contributed by atoms with Crippen molar-refractivity contribution in [2.24, 2.45) is 0 Å². The summed E-state index contributed by atoms with van der Waals surface area (Å²) >= 11 is 0. The predicted octanol–water partition coefficient (Wildman–Crippen LogP) is 3.27. The van der Waals surface area contributed by atoms with E-state index in [2.05, 4.69) is 11.6 Å². The van der Waals surface area contributed by atoms with Crippen molar-refractivity contribution in [1.29, 1.82) is 0 Å². The Hall–Kier alpha value is -1.36. The monoisotopic (exact) mass is 245 g/mol. The SMILES string of the molecule is C=CCCC(C)(O)c1cnccc1C(F)(F)F. The predicted molar refractivity (Wildman–Crippen MR) is 58.2 cm³/mol. The molecule has 0 spiro atoms. The molecule has 0 amide bonds. The number of halogens is 3. The molecule has 1 heterocycles. The number of pyridine rings is 1. The normalized spacial score (nSPS) is 15.4. The van der Waals surface area contributed by atoms with Crippen molar-refractivity contribution >= 4 is 0 Å². The highest BCUT2D eigenvalue weighted by Gasteiger charge is 2.38. The van der Waals surface area contributed by atoms with Gasteiger partial charge in [0.1, 0.15) is 0 Å². The van der Waals surface area contributed by atoms with Gasteiger partial charge < -0.3 is 5.11 Å². The van der Waals surface area contributed by atoms with E-state index in [0.717, 1.165) is 18.5 Å². The summed E-state index contributed by atoms with van der Waals surface area (Å²) in [5.41, 5.74) is -2.61. The van der Waals surface area contributed by atoms with Gasteiger partial charge in [-0.15, -0.1) is 6.58 Å². The van der Waals surface area contributed by atoms with Crippen molar-refractivity contribution in [3.05, 3.63) is 42.2 Å². The van der Waals surface area contributed by atoms with Gasteiger partial charge in [-0.25, -0.2) is 0 Å². The summed E-state index contributed by atoms with van der Waals surface area (Å²) in [6.45, 7) is 4.83. The first kappa shape index (κ1) is 13.7. The summed E-state index contributed by atoms with van der Waals surface area (Å²) in [6, 6.07) is 0.873. The van der Waals surface area contributed by atoms with Crippen LogP contribution in [0.15, 0.2) is 31.1 Å². The quantitative estimate of drug-likeness (QED) is 0.826. The molecule has 0 aliphatic heterocycles. The van der Waals surface area contributed by atoms with Gasteiger partial charge in [-0.1, -0.05) is 6.08 Å². The Kier molecular flexibility index (Phi) is 3.93. The van der Waals surface area contributed by atoms with Crippen LogP contribution in [-0.4, -0.2) is 10.1 Å². The van der Waals surface area contributed by atoms with Gasteiger partial charge in [-0.3, -0.25) is 4.98 Å². The van der Waals surface area contributed by atoms with Crippen LogP contribution in [0.4, 0.5) is 13.2 Å². The lowest BCUT2D eigenvalue weighted by atomic mass is 9.89. The van der Waals surface area contributed by atoms with E-state index in [1.165, 1.54) is 6.92 Å². The van der Waals surface area contributed by atoms with Gasteiger partial charge in [0.2, 0.25) is 0 Å². The van der Waals surface area contributed by atoms with Crippen LogP contribution < -0.4 is 0 Å². The molecule has 1 aromatic rings. The van der Waals surface area contributed by atoms with Crippen LogP contribution in [0.1, 0.15) is 30.9 Å². The molecule has 1 N–H and O–H groups in total. The number of alkyl halides is 3. The molecule has 0 saturated carbocycles. The van der Waals surface area contributed by atoms with Crippen molar-refractivity contribution in [3.63, 3.8) is 0 Å². The number of nitrogens with zero attached hydrogens (tertiary/aromatic N) is 1. The average Bonchev–Trinajstić information content (AvgIpc) is 2.25. The van der Waals surface area contributed by atoms with Crippen LogP contribution in [0.3, 0.4) is 0 Å². The van der Waals surface area contributed by atoms with Gasteiger partial charge in [-0.05, 0) is 25.8 Å². The number of hydrogen-bond donors (Lipinski definition) is 1. The molecular weight excluding hydrogens is 231 g/mol. The summed E-state index contributed by atoms with van der Waals surface area (Å²) in [7, 11) is 0. The summed E-state index contributed by atoms with van der Waals surface area (Å²) in [4.78, 5) is 3.65. The molecule has 2 nitrogen and oxygen atoms in total. The zero-order valence-corrected chi connectivity index (χ0v) is 9.46. The van der Waals surface area contributed by atoms with Gasteiger partial charge in [0.25, 0.3) is 0 Å². The number of aromatic nitrogens is 1. The number of allylic oxidation sites excluding steroid dienone is 1. The fourth-order valence-electron chi connectivity index (χ4n) is 1.59. The molecule has 0 bridgehead atoms. The van der Waals surface area contributed by atoms with E-state index < -0.39 is 17.3 Å². The molecule has 0 fully saturated rings. The number of rotatable bonds is 4. The van der Waals surface area contributed by atoms with E-state index in [0.29, 0.717) is 6.42 Å². The summed E-state index contributed by atoms with van der Waals surface area (Å²) in [5, 5.41) is 10.1. The Bertz CT molecular complexity index is 399. The van der Waals surface area contributed by atoms with Crippen LogP contribution in [-0.2, 0) is 11.8 Å². The zero-order valence-electron chi connectivity index (χ0n) is 9.46. The van der Waals surface area contributed by atoms with E-state index in [4.69, 9.17) is 0 Å². The lowest BCUT2D eigenvalue weighted by Crippen LogP contribution is -2.25. The Morgan fingerprint density at radius 3 is 2.59 bits per heavy atom. The molecule has 0 aliphatic carbocycles. The van der Waals surface area contributed by atoms with E-state index in [1.807, 2.05) is 0 Å². The summed E-state index contributed by atoms with van der Waals surface area (Å²) in [6.07, 6.45) is -0.208. The fourth-order valence-corrected chi connectivity index (χ4v) is 1.59. The largest absolute Gasteiger partial charge is 0.416 e. The fraction of sp³-hybridized carbons (Fsp3) is 0.417. The van der Waals surface area contributed by atoms with E-state index in [9.17, 15) is 18.3 Å². The molecule has 1 unspecified atom stereocenters. The maximum Gasteiger partial charge on any atom is 0.416 e. The number of aliphatic hydroxyl groups is 1. The third-order valence-electron chi connectivity index (χ3n) is 2.54. The molecule has 5 heteroatoms. The maximum atomic E-state index is 12.7. The second-order valence-corrected chi connectivity index (χ2v) is 4.02. The van der Waals surface area contributed by atoms with E-state index in [-0.39, 0.29) is 12.0 Å². The van der Waals surface area contributed by atoms with Crippen LogP contribution in [0.2, 0.25) is 0 Å². The van der Waals surface area contributed by atoms with Gasteiger partial charge in [0.05, 0.1) is 11.2 Å². The first-order valence-electron chi connectivity index (χ1n) is 5.14. The molecule has 0 saturated heterocycles. The molecule has 17 heavy (non-hydrogen) atoms. The van der Waals surface area contributed by atoms with Crippen molar-refractivity contribution in [2.45, 2.75) is 31.5 Å². The zero-order chi connectivity index (χ0) is 13.1. The first-order valence-corrected chi connectivity index (χ1v) is 5.14. The second kappa shape index (κ2) is 4.87. The molecule has 94 valence electrons. The maximum absolute atomic E-state index is 12.7. The van der Waals surface area contributed by atoms with Gasteiger partial charge in [-0.2, -0.15) is 13.2 Å². The standard InChI is InChI=1S/C12H14F3NO/c1-3-4-6-11(2,17)10-8-16-7-5-9(10)12(13,14)15/h3,5,7-8,17H,1,4,6H2,2H3. The van der Waals surface area contributed by atoms with Gasteiger partial charge in [0.15, 0.2) is 0 Å². The average molecular weight is 245 g/mol. The van der Waals surface area contributed by atoms with Crippen LogP contribution in [0.25, 0.3) is 0 Å². The minimum Gasteiger partial charge on any atom is -0.385 e. The van der Waals surface area contributed by atoms with E-state index >= 15 is 0 Å². The minimum absolute atomic E-state index is 0.172. The molecule has 0 radical (unpaired) electrons. The van der Waals surface area contributed by atoms with Crippen LogP contribution in [0, 0.1) is 0 Å². The van der Waals surface area contributed by atoms with Gasteiger partial charge in [0, 0.05) is 18.0 Å². The Morgan fingerprint density at radius 2 is 2.06 bits per heavy atom. The highest BCUT2D eigenvalue weighted by molar-refractivity contribution is 5.31. The molecule has 0 aliphatic rings. The van der Waals surface area contributed by atoms with Crippen LogP contribution in [0.5, 0.6) is 0 Å². The smallest absolute Gasteiger partial charge is 0.385 e. The lowest BCUT2D eigenvalue weighted by molar-refractivity contribution is -0.140. The van der Waals surface area contributed by atoms with Crippen molar-refractivity contribution in [3.8, 4) is 0 Å². The lowest BCUT2D eigenvalue weighted by Gasteiger charge is -2.26. The molecule has 1 aromatic heterocycles. The van der Waals surface area contributed by atoms with E-state index in [1.54, 1.807) is 6.08 Å². The minimum atomic E-state index is -4.49. The molecule has 1 rings (SSSR count). The molecular formula is C12H14F3NO. The summed E-state index contributed by atoms with van der Waals surface area (Å²) in [5.74, 6) is 0. The van der Waals surface area contributed by atoms with Gasteiger partial charge >= 0.3 is 6.18 Å². The van der Waals surface area contributed by atoms with Crippen molar-refractivity contribution < 1.29 is 18.3 Å². The third kappa shape index (κ3) is 3.30. The summed E-state index contributed by atoms with van der Waals surface area (Å²) < 4.78 is 38.2. The molecule has 1 atom stereocenters. The number of hydrogen-bond acceptors (Lipinski definition) is 2. The van der Waals surface area contributed by atoms with Crippen LogP contribution >= 0.6 is 0 Å². The Labute approximate surface area is 97.8 Å². The molecule has 0 aromatic carbocycles. The third-order valence-corrected chi connectivity index (χ3v) is 2.54.